The van der Waals surface area contributed by atoms with Gasteiger partial charge in [0.1, 0.15) is 5.60 Å². The lowest BCUT2D eigenvalue weighted by atomic mass is 9.94. The smallest absolute Gasteiger partial charge is 0.165 e. The predicted octanol–water partition coefficient (Wildman–Crippen LogP) is 1.67. The maximum atomic E-state index is 13.6. The van der Waals surface area contributed by atoms with Crippen molar-refractivity contribution >= 4 is 0 Å². The van der Waals surface area contributed by atoms with E-state index in [2.05, 4.69) is 5.32 Å². The number of rotatable bonds is 2. The van der Waals surface area contributed by atoms with Crippen LogP contribution in [0.4, 0.5) is 4.39 Å². The molecule has 0 spiro atoms. The Balaban J connectivity index is 2.29. The first-order valence-corrected chi connectivity index (χ1v) is 5.34. The summed E-state index contributed by atoms with van der Waals surface area (Å²) in [7, 11) is 1.46. The zero-order chi connectivity index (χ0) is 11.6. The van der Waals surface area contributed by atoms with Gasteiger partial charge >= 0.3 is 0 Å². The molecule has 0 saturated carbocycles. The molecule has 0 amide bonds. The molecule has 1 aromatic rings. The number of benzene rings is 1. The van der Waals surface area contributed by atoms with Crippen molar-refractivity contribution in [3.8, 4) is 5.75 Å². The van der Waals surface area contributed by atoms with E-state index < -0.39 is 5.60 Å². The van der Waals surface area contributed by atoms with Crippen molar-refractivity contribution in [1.29, 1.82) is 0 Å². The molecule has 3 nitrogen and oxygen atoms in total. The standard InChI is InChI=1S/C12H16FNO2/c1-12(8-14-5-6-16-12)9-3-4-11(15-2)10(13)7-9/h3-4,7,14H,5-6,8H2,1-2H3. The van der Waals surface area contributed by atoms with E-state index in [4.69, 9.17) is 9.47 Å². The van der Waals surface area contributed by atoms with E-state index in [1.54, 1.807) is 6.07 Å². The van der Waals surface area contributed by atoms with Crippen LogP contribution in [0.5, 0.6) is 5.75 Å². The van der Waals surface area contributed by atoms with Crippen molar-refractivity contribution in [2.45, 2.75) is 12.5 Å². The average Bonchev–Trinajstić information content (AvgIpc) is 2.30. The average molecular weight is 225 g/mol. The number of ether oxygens (including phenoxy) is 2. The summed E-state index contributed by atoms with van der Waals surface area (Å²) in [6, 6.07) is 4.95. The van der Waals surface area contributed by atoms with Crippen LogP contribution in [0.15, 0.2) is 18.2 Å². The largest absolute Gasteiger partial charge is 0.494 e. The van der Waals surface area contributed by atoms with Crippen LogP contribution in [0.3, 0.4) is 0 Å². The molecule has 0 radical (unpaired) electrons. The van der Waals surface area contributed by atoms with Crippen molar-refractivity contribution in [2.24, 2.45) is 0 Å². The van der Waals surface area contributed by atoms with E-state index in [0.717, 1.165) is 12.1 Å². The molecule has 0 aliphatic carbocycles. The lowest BCUT2D eigenvalue weighted by molar-refractivity contribution is -0.0574. The molecule has 1 fully saturated rings. The van der Waals surface area contributed by atoms with Crippen LogP contribution in [0.2, 0.25) is 0 Å². The summed E-state index contributed by atoms with van der Waals surface area (Å²) in [6.07, 6.45) is 0. The Morgan fingerprint density at radius 2 is 2.31 bits per heavy atom. The van der Waals surface area contributed by atoms with E-state index >= 15 is 0 Å². The van der Waals surface area contributed by atoms with Gasteiger partial charge in [-0.3, -0.25) is 0 Å². The second kappa shape index (κ2) is 4.39. The Labute approximate surface area is 94.6 Å². The van der Waals surface area contributed by atoms with Gasteiger partial charge in [-0.15, -0.1) is 0 Å². The van der Waals surface area contributed by atoms with E-state index in [0.29, 0.717) is 13.2 Å². The first-order chi connectivity index (χ1) is 7.65. The van der Waals surface area contributed by atoms with Crippen molar-refractivity contribution < 1.29 is 13.9 Å². The van der Waals surface area contributed by atoms with Gasteiger partial charge in [-0.1, -0.05) is 6.07 Å². The Bertz CT molecular complexity index is 375. The third-order valence-electron chi connectivity index (χ3n) is 2.92. The molecule has 1 aromatic carbocycles. The SMILES string of the molecule is COc1ccc(C2(C)CNCCO2)cc1F. The van der Waals surface area contributed by atoms with Crippen LogP contribution in [0.1, 0.15) is 12.5 Å². The fraction of sp³-hybridized carbons (Fsp3) is 0.500. The number of hydrogen-bond acceptors (Lipinski definition) is 3. The Kier molecular flexibility index (Phi) is 3.12. The predicted molar refractivity (Wildman–Crippen MR) is 59.1 cm³/mol. The topological polar surface area (TPSA) is 30.5 Å². The summed E-state index contributed by atoms with van der Waals surface area (Å²) >= 11 is 0. The van der Waals surface area contributed by atoms with Gasteiger partial charge in [0.25, 0.3) is 0 Å². The summed E-state index contributed by atoms with van der Waals surface area (Å²) in [5.74, 6) is -0.0912. The third kappa shape index (κ3) is 2.03. The number of hydrogen-bond donors (Lipinski definition) is 1. The molecule has 88 valence electrons. The van der Waals surface area contributed by atoms with Crippen molar-refractivity contribution in [3.63, 3.8) is 0 Å². The molecule has 4 heteroatoms. The van der Waals surface area contributed by atoms with E-state index in [1.807, 2.05) is 13.0 Å². The molecule has 1 unspecified atom stereocenters. The molecule has 16 heavy (non-hydrogen) atoms. The minimum atomic E-state index is -0.453. The summed E-state index contributed by atoms with van der Waals surface area (Å²) < 4.78 is 24.2. The summed E-state index contributed by atoms with van der Waals surface area (Å²) in [6.45, 7) is 4.14. The molecule has 1 aliphatic heterocycles. The van der Waals surface area contributed by atoms with E-state index in [9.17, 15) is 4.39 Å². The Morgan fingerprint density at radius 3 is 2.88 bits per heavy atom. The Morgan fingerprint density at radius 1 is 1.50 bits per heavy atom. The van der Waals surface area contributed by atoms with Gasteiger partial charge in [0.15, 0.2) is 11.6 Å². The summed E-state index contributed by atoms with van der Waals surface area (Å²) in [4.78, 5) is 0. The van der Waals surface area contributed by atoms with Crippen LogP contribution < -0.4 is 10.1 Å². The minimum absolute atomic E-state index is 0.260. The van der Waals surface area contributed by atoms with Crippen molar-refractivity contribution in [2.75, 3.05) is 26.8 Å². The number of methoxy groups -OCH3 is 1. The Hall–Kier alpha value is -1.13. The molecule has 1 heterocycles. The number of morpholine rings is 1. The van der Waals surface area contributed by atoms with Gasteiger partial charge in [-0.25, -0.2) is 4.39 Å². The first-order valence-electron chi connectivity index (χ1n) is 5.34. The number of halogens is 1. The van der Waals surface area contributed by atoms with E-state index in [-0.39, 0.29) is 11.6 Å². The maximum Gasteiger partial charge on any atom is 0.165 e. The highest BCUT2D eigenvalue weighted by Gasteiger charge is 2.30. The maximum absolute atomic E-state index is 13.6. The molecule has 1 atom stereocenters. The monoisotopic (exact) mass is 225 g/mol. The molecule has 1 aliphatic rings. The second-order valence-electron chi connectivity index (χ2n) is 4.11. The molecular formula is C12H16FNO2. The van der Waals surface area contributed by atoms with Crippen molar-refractivity contribution in [1.82, 2.24) is 5.32 Å². The molecule has 0 aromatic heterocycles. The van der Waals surface area contributed by atoms with Gasteiger partial charge in [0.05, 0.1) is 13.7 Å². The molecule has 2 rings (SSSR count). The minimum Gasteiger partial charge on any atom is -0.494 e. The van der Waals surface area contributed by atoms with Crippen LogP contribution in [-0.2, 0) is 10.3 Å². The van der Waals surface area contributed by atoms with Crippen LogP contribution in [-0.4, -0.2) is 26.8 Å². The lowest BCUT2D eigenvalue weighted by Gasteiger charge is -2.35. The van der Waals surface area contributed by atoms with Gasteiger partial charge < -0.3 is 14.8 Å². The van der Waals surface area contributed by atoms with E-state index in [1.165, 1.54) is 13.2 Å². The highest BCUT2D eigenvalue weighted by molar-refractivity contribution is 5.32. The zero-order valence-electron chi connectivity index (χ0n) is 9.55. The molecule has 0 bridgehead atoms. The zero-order valence-corrected chi connectivity index (χ0v) is 9.55. The fourth-order valence-corrected chi connectivity index (χ4v) is 1.91. The molecule has 1 N–H and O–H groups in total. The van der Waals surface area contributed by atoms with Crippen LogP contribution in [0.25, 0.3) is 0 Å². The fourth-order valence-electron chi connectivity index (χ4n) is 1.91. The van der Waals surface area contributed by atoms with Crippen LogP contribution >= 0.6 is 0 Å². The van der Waals surface area contributed by atoms with Gasteiger partial charge in [0, 0.05) is 13.1 Å². The number of nitrogens with one attached hydrogen (secondary N) is 1. The summed E-state index contributed by atoms with van der Waals surface area (Å²) in [5.41, 5.74) is 0.378. The quantitative estimate of drug-likeness (QED) is 0.830. The van der Waals surface area contributed by atoms with Gasteiger partial charge in [-0.2, -0.15) is 0 Å². The van der Waals surface area contributed by atoms with Gasteiger partial charge in [-0.05, 0) is 24.6 Å². The molecule has 1 saturated heterocycles. The lowest BCUT2D eigenvalue weighted by Crippen LogP contribution is -2.45. The van der Waals surface area contributed by atoms with Crippen molar-refractivity contribution in [3.05, 3.63) is 29.6 Å². The van der Waals surface area contributed by atoms with Crippen LogP contribution in [0, 0.1) is 5.82 Å². The second-order valence-corrected chi connectivity index (χ2v) is 4.11. The first kappa shape index (κ1) is 11.4. The van der Waals surface area contributed by atoms with Gasteiger partial charge in [0.2, 0.25) is 0 Å². The summed E-state index contributed by atoms with van der Waals surface area (Å²) in [5, 5.41) is 3.24. The normalized spacial score (nSPS) is 25.4. The molecular weight excluding hydrogens is 209 g/mol. The third-order valence-corrected chi connectivity index (χ3v) is 2.92. The highest BCUT2D eigenvalue weighted by Crippen LogP contribution is 2.29. The highest BCUT2D eigenvalue weighted by atomic mass is 19.1.